The second-order valence-electron chi connectivity index (χ2n) is 5.81. The molecule has 0 bridgehead atoms. The van der Waals surface area contributed by atoms with Gasteiger partial charge in [0.15, 0.2) is 0 Å². The molecule has 1 unspecified atom stereocenters. The van der Waals surface area contributed by atoms with Crippen LogP contribution in [0.1, 0.15) is 10.9 Å². The number of rotatable bonds is 7. The average molecular weight is 400 g/mol. The van der Waals surface area contributed by atoms with Gasteiger partial charge in [-0.3, -0.25) is 4.68 Å². The van der Waals surface area contributed by atoms with Crippen LogP contribution >= 0.6 is 11.3 Å². The van der Waals surface area contributed by atoms with Crippen molar-refractivity contribution in [2.24, 2.45) is 0 Å². The van der Waals surface area contributed by atoms with Crippen molar-refractivity contribution in [3.8, 4) is 5.69 Å². The SMILES string of the molecule is O=S(=O)(NCC(c1cccs1)n1cccn1)c1ccc(-n2cccn2)cc1. The fourth-order valence-corrected chi connectivity index (χ4v) is 4.60. The Hall–Kier alpha value is -2.75. The Kier molecular flexibility index (Phi) is 4.88. The molecule has 0 aliphatic carbocycles. The van der Waals surface area contributed by atoms with E-state index in [9.17, 15) is 8.42 Å². The molecule has 0 saturated heterocycles. The van der Waals surface area contributed by atoms with Crippen LogP contribution in [0.3, 0.4) is 0 Å². The molecule has 9 heteroatoms. The van der Waals surface area contributed by atoms with E-state index in [1.807, 2.05) is 35.8 Å². The zero-order valence-corrected chi connectivity index (χ0v) is 15.8. The molecule has 1 aromatic carbocycles. The van der Waals surface area contributed by atoms with E-state index in [0.29, 0.717) is 0 Å². The number of thiophene rings is 1. The van der Waals surface area contributed by atoms with E-state index in [1.165, 1.54) is 0 Å². The Morgan fingerprint density at radius 1 is 1.00 bits per heavy atom. The predicted octanol–water partition coefficient (Wildman–Crippen LogP) is 2.70. The molecular weight excluding hydrogens is 382 g/mol. The number of hydrogen-bond acceptors (Lipinski definition) is 5. The second-order valence-corrected chi connectivity index (χ2v) is 8.56. The third kappa shape index (κ3) is 3.85. The first-order valence-electron chi connectivity index (χ1n) is 8.26. The van der Waals surface area contributed by atoms with E-state index in [4.69, 9.17) is 0 Å². The summed E-state index contributed by atoms with van der Waals surface area (Å²) < 4.78 is 31.6. The predicted molar refractivity (Wildman–Crippen MR) is 103 cm³/mol. The first-order valence-corrected chi connectivity index (χ1v) is 10.6. The third-order valence-electron chi connectivity index (χ3n) is 4.10. The van der Waals surface area contributed by atoms with Gasteiger partial charge in [-0.25, -0.2) is 17.8 Å². The van der Waals surface area contributed by atoms with E-state index >= 15 is 0 Å². The lowest BCUT2D eigenvalue weighted by Gasteiger charge is -2.17. The first-order chi connectivity index (χ1) is 13.1. The summed E-state index contributed by atoms with van der Waals surface area (Å²) >= 11 is 1.57. The van der Waals surface area contributed by atoms with E-state index in [-0.39, 0.29) is 17.5 Å². The average Bonchev–Trinajstić information content (AvgIpc) is 3.44. The molecule has 0 radical (unpaired) electrons. The van der Waals surface area contributed by atoms with Crippen molar-refractivity contribution in [1.82, 2.24) is 24.3 Å². The lowest BCUT2D eigenvalue weighted by Crippen LogP contribution is -2.31. The largest absolute Gasteiger partial charge is 0.263 e. The maximum Gasteiger partial charge on any atom is 0.240 e. The molecule has 0 aliphatic rings. The minimum atomic E-state index is -3.64. The Morgan fingerprint density at radius 2 is 1.78 bits per heavy atom. The van der Waals surface area contributed by atoms with Gasteiger partial charge in [0.1, 0.15) is 0 Å². The molecule has 4 rings (SSSR count). The molecule has 0 saturated carbocycles. The summed E-state index contributed by atoms with van der Waals surface area (Å²) in [6, 6.07) is 14.0. The normalized spacial score (nSPS) is 12.9. The molecular formula is C18H17N5O2S2. The van der Waals surface area contributed by atoms with Gasteiger partial charge < -0.3 is 0 Å². The summed E-state index contributed by atoms with van der Waals surface area (Å²) in [7, 11) is -3.64. The van der Waals surface area contributed by atoms with E-state index < -0.39 is 10.0 Å². The van der Waals surface area contributed by atoms with Gasteiger partial charge in [-0.1, -0.05) is 6.07 Å². The molecule has 0 fully saturated rings. The molecule has 0 aliphatic heterocycles. The highest BCUT2D eigenvalue weighted by molar-refractivity contribution is 7.89. The van der Waals surface area contributed by atoms with Gasteiger partial charge in [0, 0.05) is 36.2 Å². The number of sulfonamides is 1. The molecule has 0 amide bonds. The summed E-state index contributed by atoms with van der Waals surface area (Å²) in [5, 5.41) is 10.4. The van der Waals surface area contributed by atoms with E-state index in [1.54, 1.807) is 63.6 Å². The smallest absolute Gasteiger partial charge is 0.240 e. The van der Waals surface area contributed by atoms with Crippen LogP contribution in [0.4, 0.5) is 0 Å². The second kappa shape index (κ2) is 7.47. The van der Waals surface area contributed by atoms with Crippen LogP contribution in [0.2, 0.25) is 0 Å². The zero-order chi connectivity index (χ0) is 18.7. The van der Waals surface area contributed by atoms with Crippen LogP contribution in [-0.4, -0.2) is 34.5 Å². The molecule has 4 aromatic rings. The first kappa shape index (κ1) is 17.7. The molecule has 1 atom stereocenters. The van der Waals surface area contributed by atoms with Crippen molar-refractivity contribution < 1.29 is 8.42 Å². The molecule has 3 heterocycles. The Balaban J connectivity index is 1.52. The molecule has 1 N–H and O–H groups in total. The van der Waals surface area contributed by atoms with Crippen LogP contribution < -0.4 is 4.72 Å². The van der Waals surface area contributed by atoms with Gasteiger partial charge in [0.2, 0.25) is 10.0 Å². The highest BCUT2D eigenvalue weighted by Crippen LogP contribution is 2.23. The van der Waals surface area contributed by atoms with Crippen LogP contribution in [-0.2, 0) is 10.0 Å². The lowest BCUT2D eigenvalue weighted by molar-refractivity contribution is 0.511. The zero-order valence-electron chi connectivity index (χ0n) is 14.2. The number of nitrogens with one attached hydrogen (secondary N) is 1. The maximum absolute atomic E-state index is 12.7. The summed E-state index contributed by atoms with van der Waals surface area (Å²) in [5.74, 6) is 0. The van der Waals surface area contributed by atoms with Gasteiger partial charge in [0.05, 0.1) is 16.6 Å². The third-order valence-corrected chi connectivity index (χ3v) is 6.51. The highest BCUT2D eigenvalue weighted by Gasteiger charge is 2.20. The van der Waals surface area contributed by atoms with Crippen molar-refractivity contribution in [3.63, 3.8) is 0 Å². The van der Waals surface area contributed by atoms with Crippen molar-refractivity contribution in [2.75, 3.05) is 6.54 Å². The molecule has 0 spiro atoms. The van der Waals surface area contributed by atoms with Crippen LogP contribution in [0.5, 0.6) is 0 Å². The number of nitrogens with zero attached hydrogens (tertiary/aromatic N) is 4. The fourth-order valence-electron chi connectivity index (χ4n) is 2.74. The van der Waals surface area contributed by atoms with Crippen LogP contribution in [0, 0.1) is 0 Å². The quantitative estimate of drug-likeness (QED) is 0.518. The van der Waals surface area contributed by atoms with Crippen LogP contribution in [0.25, 0.3) is 5.69 Å². The van der Waals surface area contributed by atoms with Gasteiger partial charge >= 0.3 is 0 Å². The molecule has 7 nitrogen and oxygen atoms in total. The van der Waals surface area contributed by atoms with E-state index in [2.05, 4.69) is 14.9 Å². The number of benzene rings is 1. The topological polar surface area (TPSA) is 81.8 Å². The number of hydrogen-bond donors (Lipinski definition) is 1. The summed E-state index contributed by atoms with van der Waals surface area (Å²) in [5.41, 5.74) is 0.798. The van der Waals surface area contributed by atoms with Crippen LogP contribution in [0.15, 0.2) is 83.6 Å². The molecule has 138 valence electrons. The number of aromatic nitrogens is 4. The Bertz CT molecular complexity index is 1040. The van der Waals surface area contributed by atoms with Gasteiger partial charge in [0.25, 0.3) is 0 Å². The van der Waals surface area contributed by atoms with Gasteiger partial charge in [-0.2, -0.15) is 10.2 Å². The summed E-state index contributed by atoms with van der Waals surface area (Å²) in [6.07, 6.45) is 6.99. The highest BCUT2D eigenvalue weighted by atomic mass is 32.2. The summed E-state index contributed by atoms with van der Waals surface area (Å²) in [4.78, 5) is 1.25. The lowest BCUT2D eigenvalue weighted by atomic mass is 10.2. The minimum Gasteiger partial charge on any atom is -0.263 e. The van der Waals surface area contributed by atoms with Gasteiger partial charge in [-0.15, -0.1) is 11.3 Å². The fraction of sp³-hybridized carbons (Fsp3) is 0.111. The maximum atomic E-state index is 12.7. The minimum absolute atomic E-state index is 0.196. The Labute approximate surface area is 160 Å². The van der Waals surface area contributed by atoms with Crippen molar-refractivity contribution >= 4 is 21.4 Å². The Morgan fingerprint density at radius 3 is 2.41 bits per heavy atom. The van der Waals surface area contributed by atoms with Crippen molar-refractivity contribution in [1.29, 1.82) is 0 Å². The standard InChI is InChI=1S/C18H17N5O2S2/c24-27(25,16-7-5-15(6-8-16)22-11-2-9-19-22)21-14-17(18-4-1-13-26-18)23-12-3-10-20-23/h1-13,17,21H,14H2. The van der Waals surface area contributed by atoms with Crippen molar-refractivity contribution in [2.45, 2.75) is 10.9 Å². The summed E-state index contributed by atoms with van der Waals surface area (Å²) in [6.45, 7) is 0.214. The van der Waals surface area contributed by atoms with E-state index in [0.717, 1.165) is 10.6 Å². The molecule has 3 aromatic heterocycles. The van der Waals surface area contributed by atoms with Crippen molar-refractivity contribution in [3.05, 3.63) is 83.6 Å². The van der Waals surface area contributed by atoms with Gasteiger partial charge in [-0.05, 0) is 47.8 Å². The molecule has 27 heavy (non-hydrogen) atoms. The monoisotopic (exact) mass is 399 g/mol.